The lowest BCUT2D eigenvalue weighted by atomic mass is 9.96. The molecule has 134 valence electrons. The third-order valence-corrected chi connectivity index (χ3v) is 4.51. The lowest BCUT2D eigenvalue weighted by Crippen LogP contribution is -2.28. The number of nitrogens with one attached hydrogen (secondary N) is 1. The summed E-state index contributed by atoms with van der Waals surface area (Å²) in [6.45, 7) is 1.29. The van der Waals surface area contributed by atoms with Crippen molar-refractivity contribution in [1.29, 1.82) is 0 Å². The number of ether oxygens (including phenoxy) is 1. The van der Waals surface area contributed by atoms with Crippen LogP contribution in [0.25, 0.3) is 0 Å². The molecule has 0 saturated heterocycles. The molecule has 7 heteroatoms. The number of esters is 1. The minimum atomic E-state index is -0.650. The van der Waals surface area contributed by atoms with E-state index in [-0.39, 0.29) is 5.69 Å². The van der Waals surface area contributed by atoms with Gasteiger partial charge in [-0.25, -0.2) is 0 Å². The molecule has 26 heavy (non-hydrogen) atoms. The zero-order chi connectivity index (χ0) is 18.7. The number of amides is 1. The van der Waals surface area contributed by atoms with Gasteiger partial charge in [-0.2, -0.15) is 0 Å². The van der Waals surface area contributed by atoms with Crippen LogP contribution in [0.1, 0.15) is 24.0 Å². The molecule has 0 aliphatic heterocycles. The van der Waals surface area contributed by atoms with Gasteiger partial charge >= 0.3 is 5.97 Å². The van der Waals surface area contributed by atoms with Gasteiger partial charge < -0.3 is 10.1 Å². The minimum absolute atomic E-state index is 0.121. The Morgan fingerprint density at radius 1 is 1.19 bits per heavy atom. The van der Waals surface area contributed by atoms with Gasteiger partial charge in [0.25, 0.3) is 11.6 Å². The molecule has 0 atom stereocenters. The quantitative estimate of drug-likeness (QED) is 0.488. The highest BCUT2D eigenvalue weighted by Gasteiger charge is 2.52. The maximum Gasteiger partial charge on any atom is 0.317 e. The van der Waals surface area contributed by atoms with Crippen molar-refractivity contribution >= 4 is 23.3 Å². The molecule has 1 fully saturated rings. The summed E-state index contributed by atoms with van der Waals surface area (Å²) < 4.78 is 5.19. The lowest BCUT2D eigenvalue weighted by Gasteiger charge is -2.15. The predicted octanol–water partition coefficient (Wildman–Crippen LogP) is 3.12. The number of hydrogen-bond acceptors (Lipinski definition) is 5. The van der Waals surface area contributed by atoms with E-state index in [2.05, 4.69) is 5.32 Å². The van der Waals surface area contributed by atoms with Gasteiger partial charge in [0.15, 0.2) is 6.61 Å². The molecule has 0 spiro atoms. The molecule has 0 unspecified atom stereocenters. The second-order valence-corrected chi connectivity index (χ2v) is 6.33. The van der Waals surface area contributed by atoms with E-state index in [0.717, 1.165) is 5.56 Å². The van der Waals surface area contributed by atoms with Gasteiger partial charge in [0, 0.05) is 12.1 Å². The number of benzene rings is 2. The van der Waals surface area contributed by atoms with E-state index in [0.29, 0.717) is 24.1 Å². The van der Waals surface area contributed by atoms with Crippen molar-refractivity contribution in [3.05, 3.63) is 69.8 Å². The molecule has 0 radical (unpaired) electrons. The van der Waals surface area contributed by atoms with Gasteiger partial charge in [0.1, 0.15) is 0 Å². The first kappa shape index (κ1) is 17.6. The fraction of sp³-hybridized carbons (Fsp3) is 0.263. The van der Waals surface area contributed by atoms with Crippen LogP contribution in [0.4, 0.5) is 11.4 Å². The topological polar surface area (TPSA) is 98.5 Å². The van der Waals surface area contributed by atoms with E-state index in [1.807, 2.05) is 30.3 Å². The number of rotatable bonds is 6. The van der Waals surface area contributed by atoms with Crippen molar-refractivity contribution in [2.24, 2.45) is 0 Å². The summed E-state index contributed by atoms with van der Waals surface area (Å²) in [6, 6.07) is 13.5. The highest BCUT2D eigenvalue weighted by Crippen LogP contribution is 2.49. The summed E-state index contributed by atoms with van der Waals surface area (Å²) in [7, 11) is 0. The molecule has 1 aliphatic rings. The van der Waals surface area contributed by atoms with Crippen LogP contribution >= 0.6 is 0 Å². The van der Waals surface area contributed by atoms with Crippen LogP contribution in [0.2, 0.25) is 0 Å². The first-order valence-corrected chi connectivity index (χ1v) is 8.20. The van der Waals surface area contributed by atoms with E-state index in [4.69, 9.17) is 4.74 Å². The molecule has 1 N–H and O–H groups in total. The Morgan fingerprint density at radius 2 is 1.88 bits per heavy atom. The first-order valence-electron chi connectivity index (χ1n) is 8.20. The predicted molar refractivity (Wildman–Crippen MR) is 94.8 cm³/mol. The highest BCUT2D eigenvalue weighted by atomic mass is 16.6. The van der Waals surface area contributed by atoms with E-state index < -0.39 is 28.8 Å². The fourth-order valence-electron chi connectivity index (χ4n) is 2.81. The Hall–Kier alpha value is -3.22. The van der Waals surface area contributed by atoms with Crippen molar-refractivity contribution in [2.75, 3.05) is 11.9 Å². The second kappa shape index (κ2) is 6.95. The summed E-state index contributed by atoms with van der Waals surface area (Å²) in [4.78, 5) is 34.8. The van der Waals surface area contributed by atoms with Gasteiger partial charge in [0.05, 0.1) is 16.0 Å². The number of aryl methyl sites for hydroxylation is 1. The highest BCUT2D eigenvalue weighted by molar-refractivity contribution is 5.95. The van der Waals surface area contributed by atoms with Gasteiger partial charge in [-0.1, -0.05) is 36.4 Å². The standard InChI is InChI=1S/C19H18N2O5/c1-13-7-8-15(21(24)25)11-16(13)20-17(22)12-26-18(23)19(9-10-19)14-5-3-2-4-6-14/h2-8,11H,9-10,12H2,1H3,(H,20,22). The van der Waals surface area contributed by atoms with Gasteiger partial charge in [-0.05, 0) is 30.9 Å². The molecule has 3 rings (SSSR count). The summed E-state index contributed by atoms with van der Waals surface area (Å²) in [6.07, 6.45) is 1.39. The number of non-ortho nitro benzene ring substituents is 1. The maximum absolute atomic E-state index is 12.4. The van der Waals surface area contributed by atoms with Gasteiger partial charge in [-0.15, -0.1) is 0 Å². The third-order valence-electron chi connectivity index (χ3n) is 4.51. The fourth-order valence-corrected chi connectivity index (χ4v) is 2.81. The van der Waals surface area contributed by atoms with Crippen molar-refractivity contribution < 1.29 is 19.2 Å². The smallest absolute Gasteiger partial charge is 0.317 e. The molecule has 0 bridgehead atoms. The minimum Gasteiger partial charge on any atom is -0.455 e. The van der Waals surface area contributed by atoms with Crippen LogP contribution in [0.15, 0.2) is 48.5 Å². The lowest BCUT2D eigenvalue weighted by molar-refractivity contribution is -0.384. The van der Waals surface area contributed by atoms with E-state index in [1.165, 1.54) is 12.1 Å². The molecule has 0 aromatic heterocycles. The number of anilines is 1. The van der Waals surface area contributed by atoms with Crippen molar-refractivity contribution in [1.82, 2.24) is 0 Å². The number of nitro groups is 1. The van der Waals surface area contributed by atoms with E-state index in [9.17, 15) is 19.7 Å². The summed E-state index contributed by atoms with van der Waals surface area (Å²) >= 11 is 0. The molecular weight excluding hydrogens is 336 g/mol. The Kier molecular flexibility index (Phi) is 4.71. The van der Waals surface area contributed by atoms with E-state index in [1.54, 1.807) is 13.0 Å². The zero-order valence-corrected chi connectivity index (χ0v) is 14.2. The number of hydrogen-bond donors (Lipinski definition) is 1. The normalized spacial score (nSPS) is 14.3. The van der Waals surface area contributed by atoms with Crippen molar-refractivity contribution in [3.8, 4) is 0 Å². The maximum atomic E-state index is 12.4. The first-order chi connectivity index (χ1) is 12.4. The molecule has 1 saturated carbocycles. The number of carbonyl (C=O) groups excluding carboxylic acids is 2. The number of nitro benzene ring substituents is 1. The third kappa shape index (κ3) is 3.56. The molecule has 2 aromatic rings. The van der Waals surface area contributed by atoms with Crippen LogP contribution in [0.5, 0.6) is 0 Å². The number of carbonyl (C=O) groups is 2. The van der Waals surface area contributed by atoms with Crippen LogP contribution in [-0.4, -0.2) is 23.4 Å². The summed E-state index contributed by atoms with van der Waals surface area (Å²) in [5.41, 5.74) is 1.12. The molecule has 1 aliphatic carbocycles. The van der Waals surface area contributed by atoms with Gasteiger partial charge in [-0.3, -0.25) is 19.7 Å². The van der Waals surface area contributed by atoms with Crippen LogP contribution < -0.4 is 5.32 Å². The summed E-state index contributed by atoms with van der Waals surface area (Å²) in [5.74, 6) is -0.958. The van der Waals surface area contributed by atoms with Crippen molar-refractivity contribution in [3.63, 3.8) is 0 Å². The molecular formula is C19H18N2O5. The SMILES string of the molecule is Cc1ccc([N+](=O)[O-])cc1NC(=O)COC(=O)C1(c2ccccc2)CC1. The molecule has 7 nitrogen and oxygen atoms in total. The Morgan fingerprint density at radius 3 is 2.50 bits per heavy atom. The Labute approximate surface area is 150 Å². The second-order valence-electron chi connectivity index (χ2n) is 6.33. The van der Waals surface area contributed by atoms with Crippen LogP contribution in [-0.2, 0) is 19.7 Å². The largest absolute Gasteiger partial charge is 0.455 e. The molecule has 0 heterocycles. The number of nitrogens with zero attached hydrogens (tertiary/aromatic N) is 1. The summed E-state index contributed by atoms with van der Waals surface area (Å²) in [5, 5.41) is 13.4. The Balaban J connectivity index is 1.61. The monoisotopic (exact) mass is 354 g/mol. The van der Waals surface area contributed by atoms with Crippen LogP contribution in [0, 0.1) is 17.0 Å². The van der Waals surface area contributed by atoms with Crippen LogP contribution in [0.3, 0.4) is 0 Å². The van der Waals surface area contributed by atoms with Gasteiger partial charge in [0.2, 0.25) is 0 Å². The molecule has 1 amide bonds. The average Bonchev–Trinajstić information content (AvgIpc) is 3.44. The average molecular weight is 354 g/mol. The Bertz CT molecular complexity index is 859. The zero-order valence-electron chi connectivity index (χ0n) is 14.2. The van der Waals surface area contributed by atoms with E-state index >= 15 is 0 Å². The van der Waals surface area contributed by atoms with Crippen molar-refractivity contribution in [2.45, 2.75) is 25.2 Å². The molecule has 2 aromatic carbocycles.